The van der Waals surface area contributed by atoms with Crippen molar-refractivity contribution in [2.24, 2.45) is 0 Å². The van der Waals surface area contributed by atoms with Crippen LogP contribution in [0.3, 0.4) is 0 Å². The highest BCUT2D eigenvalue weighted by Crippen LogP contribution is 2.20. The van der Waals surface area contributed by atoms with Crippen LogP contribution in [-0.2, 0) is 14.3 Å². The molecule has 0 saturated heterocycles. The summed E-state index contributed by atoms with van der Waals surface area (Å²) in [6.45, 7) is 9.44. The van der Waals surface area contributed by atoms with Gasteiger partial charge in [0, 0.05) is 6.42 Å². The average Bonchev–Trinajstić information content (AvgIpc) is 2.79. The molecule has 1 heterocycles. The van der Waals surface area contributed by atoms with Crippen molar-refractivity contribution in [1.82, 2.24) is 0 Å². The molecular weight excluding hydrogens is 216 g/mol. The van der Waals surface area contributed by atoms with Crippen molar-refractivity contribution in [2.75, 3.05) is 6.61 Å². The molecule has 0 spiro atoms. The van der Waals surface area contributed by atoms with Gasteiger partial charge >= 0.3 is 5.97 Å². The molecule has 1 aliphatic rings. The number of carbonyl (C=O) groups excluding carboxylic acids is 1. The number of esters is 1. The number of carbonyl (C=O) groups is 1. The van der Waals surface area contributed by atoms with Crippen LogP contribution in [0.25, 0.3) is 0 Å². The Morgan fingerprint density at radius 1 is 1.65 bits per heavy atom. The van der Waals surface area contributed by atoms with Gasteiger partial charge in [-0.1, -0.05) is 30.9 Å². The number of hydrogen-bond donors (Lipinski definition) is 0. The van der Waals surface area contributed by atoms with Crippen LogP contribution in [0.4, 0.5) is 0 Å². The number of rotatable bonds is 6. The predicted molar refractivity (Wildman–Crippen MR) is 67.3 cm³/mol. The second-order valence-electron chi connectivity index (χ2n) is 3.94. The SMILES string of the molecule is C=CCOC(=O)C(=CCC(=C)C)C1CC=CO1. The van der Waals surface area contributed by atoms with Gasteiger partial charge in [-0.3, -0.25) is 0 Å². The predicted octanol–water partition coefficient (Wildman–Crippen LogP) is 2.91. The van der Waals surface area contributed by atoms with Crippen molar-refractivity contribution in [2.45, 2.75) is 25.9 Å². The summed E-state index contributed by atoms with van der Waals surface area (Å²) < 4.78 is 10.4. The maximum atomic E-state index is 11.8. The lowest BCUT2D eigenvalue weighted by Gasteiger charge is -2.14. The van der Waals surface area contributed by atoms with Crippen LogP contribution in [-0.4, -0.2) is 18.7 Å². The fourth-order valence-electron chi connectivity index (χ4n) is 1.43. The Kier molecular flexibility index (Phi) is 5.27. The first-order valence-corrected chi connectivity index (χ1v) is 5.58. The van der Waals surface area contributed by atoms with Crippen LogP contribution in [0, 0.1) is 0 Å². The van der Waals surface area contributed by atoms with E-state index < -0.39 is 0 Å². The first-order chi connectivity index (χ1) is 8.15. The van der Waals surface area contributed by atoms with E-state index in [2.05, 4.69) is 13.2 Å². The molecule has 17 heavy (non-hydrogen) atoms. The molecule has 0 radical (unpaired) electrons. The molecule has 0 bridgehead atoms. The second kappa shape index (κ2) is 6.74. The first kappa shape index (κ1) is 13.3. The van der Waals surface area contributed by atoms with Gasteiger partial charge in [-0.25, -0.2) is 4.79 Å². The van der Waals surface area contributed by atoms with Crippen molar-refractivity contribution in [3.8, 4) is 0 Å². The molecular formula is C14H18O3. The third kappa shape index (κ3) is 4.31. The van der Waals surface area contributed by atoms with Crippen molar-refractivity contribution in [1.29, 1.82) is 0 Å². The summed E-state index contributed by atoms with van der Waals surface area (Å²) in [5.74, 6) is -0.347. The van der Waals surface area contributed by atoms with Gasteiger partial charge in [-0.15, -0.1) is 0 Å². The number of ether oxygens (including phenoxy) is 2. The van der Waals surface area contributed by atoms with Crippen molar-refractivity contribution < 1.29 is 14.3 Å². The summed E-state index contributed by atoms with van der Waals surface area (Å²) in [7, 11) is 0. The van der Waals surface area contributed by atoms with Gasteiger partial charge in [-0.2, -0.15) is 0 Å². The van der Waals surface area contributed by atoms with E-state index in [0.29, 0.717) is 18.4 Å². The molecule has 3 nitrogen and oxygen atoms in total. The number of hydrogen-bond acceptors (Lipinski definition) is 3. The highest BCUT2D eigenvalue weighted by Gasteiger charge is 2.24. The standard InChI is InChI=1S/C14H18O3/c1-4-9-17-14(15)12(8-7-11(2)3)13-6-5-10-16-13/h4-5,8,10,13H,1-2,6-7,9H2,3H3. The van der Waals surface area contributed by atoms with Crippen molar-refractivity contribution in [3.63, 3.8) is 0 Å². The molecule has 1 unspecified atom stereocenters. The smallest absolute Gasteiger partial charge is 0.337 e. The molecule has 3 heteroatoms. The molecule has 0 saturated carbocycles. The Bertz CT molecular complexity index is 356. The second-order valence-corrected chi connectivity index (χ2v) is 3.94. The zero-order valence-electron chi connectivity index (χ0n) is 10.1. The Labute approximate surface area is 102 Å². The van der Waals surface area contributed by atoms with Crippen molar-refractivity contribution >= 4 is 5.97 Å². The maximum Gasteiger partial charge on any atom is 0.337 e. The van der Waals surface area contributed by atoms with Gasteiger partial charge in [0.25, 0.3) is 0 Å². The average molecular weight is 234 g/mol. The molecule has 0 aromatic rings. The number of allylic oxidation sites excluding steroid dienone is 2. The molecule has 0 N–H and O–H groups in total. The van der Waals surface area contributed by atoms with E-state index in [-0.39, 0.29) is 18.7 Å². The van der Waals surface area contributed by atoms with Gasteiger partial charge in [0.15, 0.2) is 0 Å². The Morgan fingerprint density at radius 3 is 2.94 bits per heavy atom. The molecule has 92 valence electrons. The Morgan fingerprint density at radius 2 is 2.41 bits per heavy atom. The van der Waals surface area contributed by atoms with Gasteiger partial charge in [0.1, 0.15) is 12.7 Å². The fourth-order valence-corrected chi connectivity index (χ4v) is 1.43. The van der Waals surface area contributed by atoms with Crippen LogP contribution in [0.15, 0.2) is 48.8 Å². The summed E-state index contributed by atoms with van der Waals surface area (Å²) in [5.41, 5.74) is 1.55. The molecule has 0 fully saturated rings. The van der Waals surface area contributed by atoms with E-state index in [1.807, 2.05) is 19.1 Å². The first-order valence-electron chi connectivity index (χ1n) is 5.58. The lowest BCUT2D eigenvalue weighted by Crippen LogP contribution is -2.20. The zero-order chi connectivity index (χ0) is 12.7. The van der Waals surface area contributed by atoms with Gasteiger partial charge in [0.2, 0.25) is 0 Å². The van der Waals surface area contributed by atoms with Crippen LogP contribution in [0.5, 0.6) is 0 Å². The van der Waals surface area contributed by atoms with Gasteiger partial charge < -0.3 is 9.47 Å². The third-order valence-electron chi connectivity index (χ3n) is 2.27. The highest BCUT2D eigenvalue weighted by atomic mass is 16.5. The summed E-state index contributed by atoms with van der Waals surface area (Å²) in [6.07, 6.45) is 7.99. The summed E-state index contributed by atoms with van der Waals surface area (Å²) in [4.78, 5) is 11.8. The van der Waals surface area contributed by atoms with Crippen molar-refractivity contribution in [3.05, 3.63) is 48.8 Å². The lowest BCUT2D eigenvalue weighted by atomic mass is 10.0. The van der Waals surface area contributed by atoms with E-state index in [0.717, 1.165) is 5.57 Å². The fraction of sp³-hybridized carbons (Fsp3) is 0.357. The van der Waals surface area contributed by atoms with E-state index in [1.165, 1.54) is 0 Å². The van der Waals surface area contributed by atoms with Crippen LogP contribution >= 0.6 is 0 Å². The molecule has 1 atom stereocenters. The molecule has 0 aromatic carbocycles. The molecule has 0 aromatic heterocycles. The van der Waals surface area contributed by atoms with Gasteiger partial charge in [0.05, 0.1) is 11.8 Å². The quantitative estimate of drug-likeness (QED) is 0.402. The van der Waals surface area contributed by atoms with E-state index in [1.54, 1.807) is 12.3 Å². The molecule has 0 amide bonds. The van der Waals surface area contributed by atoms with E-state index in [9.17, 15) is 4.79 Å². The lowest BCUT2D eigenvalue weighted by molar-refractivity contribution is -0.138. The highest BCUT2D eigenvalue weighted by molar-refractivity contribution is 5.89. The normalized spacial score (nSPS) is 18.6. The van der Waals surface area contributed by atoms with Crippen LogP contribution < -0.4 is 0 Å². The van der Waals surface area contributed by atoms with Crippen LogP contribution in [0.2, 0.25) is 0 Å². The summed E-state index contributed by atoms with van der Waals surface area (Å²) in [6, 6.07) is 0. The van der Waals surface area contributed by atoms with E-state index >= 15 is 0 Å². The molecule has 1 aliphatic heterocycles. The topological polar surface area (TPSA) is 35.5 Å². The molecule has 1 rings (SSSR count). The largest absolute Gasteiger partial charge is 0.493 e. The zero-order valence-corrected chi connectivity index (χ0v) is 10.1. The van der Waals surface area contributed by atoms with Gasteiger partial charge in [-0.05, 0) is 19.4 Å². The molecule has 0 aliphatic carbocycles. The maximum absolute atomic E-state index is 11.8. The third-order valence-corrected chi connectivity index (χ3v) is 2.27. The summed E-state index contributed by atoms with van der Waals surface area (Å²) >= 11 is 0. The monoisotopic (exact) mass is 234 g/mol. The minimum absolute atomic E-state index is 0.212. The summed E-state index contributed by atoms with van der Waals surface area (Å²) in [5, 5.41) is 0. The Hall–Kier alpha value is -1.77. The van der Waals surface area contributed by atoms with E-state index in [4.69, 9.17) is 9.47 Å². The van der Waals surface area contributed by atoms with Crippen LogP contribution in [0.1, 0.15) is 19.8 Å². The minimum Gasteiger partial charge on any atom is -0.493 e. The minimum atomic E-state index is -0.347. The Balaban J connectivity index is 2.70.